The number of esters is 1. The van der Waals surface area contributed by atoms with E-state index in [1.54, 1.807) is 0 Å². The van der Waals surface area contributed by atoms with Crippen LogP contribution in [0.2, 0.25) is 0 Å². The van der Waals surface area contributed by atoms with Crippen LogP contribution in [-0.2, 0) is 16.0 Å². The van der Waals surface area contributed by atoms with Crippen molar-refractivity contribution < 1.29 is 13.9 Å². The largest absolute Gasteiger partial charge is 0.469 e. The molecule has 0 aliphatic heterocycles. The number of methoxy groups -OCH3 is 1. The van der Waals surface area contributed by atoms with E-state index in [0.717, 1.165) is 5.56 Å². The number of benzene rings is 1. The van der Waals surface area contributed by atoms with Crippen molar-refractivity contribution in [2.45, 2.75) is 13.3 Å². The molecule has 0 fully saturated rings. The normalized spacial score (nSPS) is 8.57. The van der Waals surface area contributed by atoms with Crippen LogP contribution in [0.5, 0.6) is 0 Å². The first kappa shape index (κ1) is 12.6. The summed E-state index contributed by atoms with van der Waals surface area (Å²) < 4.78 is 14.0. The molecule has 14 heavy (non-hydrogen) atoms. The Bertz CT molecular complexity index is 267. The number of carbonyl (C=O) groups is 1. The lowest BCUT2D eigenvalue weighted by Crippen LogP contribution is -2.03. The van der Waals surface area contributed by atoms with Gasteiger partial charge in [-0.1, -0.05) is 29.8 Å². The van der Waals surface area contributed by atoms with E-state index < -0.39 is 0 Å². The predicted octanol–water partition coefficient (Wildman–Crippen LogP) is 2.30. The van der Waals surface area contributed by atoms with Crippen LogP contribution < -0.4 is 0 Å². The zero-order valence-electron chi connectivity index (χ0n) is 8.71. The Morgan fingerprint density at radius 2 is 1.79 bits per heavy atom. The van der Waals surface area contributed by atoms with Crippen molar-refractivity contribution in [1.82, 2.24) is 0 Å². The van der Waals surface area contributed by atoms with Gasteiger partial charge in [0.25, 0.3) is 0 Å². The van der Waals surface area contributed by atoms with Crippen molar-refractivity contribution in [1.29, 1.82) is 0 Å². The van der Waals surface area contributed by atoms with Gasteiger partial charge in [-0.3, -0.25) is 9.18 Å². The smallest absolute Gasteiger partial charge is 0.309 e. The lowest BCUT2D eigenvalue weighted by atomic mass is 10.1. The molecule has 0 saturated carbocycles. The van der Waals surface area contributed by atoms with Crippen molar-refractivity contribution >= 4 is 5.97 Å². The summed E-state index contributed by atoms with van der Waals surface area (Å²) in [4.78, 5) is 10.8. The minimum absolute atomic E-state index is 0.196. The Balaban J connectivity index is 0.000000791. The number of hydrogen-bond donors (Lipinski definition) is 0. The van der Waals surface area contributed by atoms with Crippen LogP contribution in [0.25, 0.3) is 0 Å². The molecule has 0 atom stereocenters. The molecule has 0 bridgehead atoms. The standard InChI is InChI=1S/C10H12O2.CH3F/c1-8-3-5-9(6-4-8)7-10(11)12-2;1-2/h3-6H,7H2,1-2H3;1H3. The van der Waals surface area contributed by atoms with E-state index in [2.05, 4.69) is 4.74 Å². The average Bonchev–Trinajstić information content (AvgIpc) is 2.24. The summed E-state index contributed by atoms with van der Waals surface area (Å²) in [6.07, 6.45) is 0.358. The molecule has 0 N–H and O–H groups in total. The molecule has 1 aromatic rings. The minimum Gasteiger partial charge on any atom is -0.469 e. The van der Waals surface area contributed by atoms with Crippen LogP contribution in [-0.4, -0.2) is 20.3 Å². The van der Waals surface area contributed by atoms with Crippen LogP contribution in [0.1, 0.15) is 11.1 Å². The van der Waals surface area contributed by atoms with Crippen LogP contribution >= 0.6 is 0 Å². The molecule has 0 unspecified atom stereocenters. The number of aryl methyl sites for hydroxylation is 1. The number of rotatable bonds is 2. The van der Waals surface area contributed by atoms with Gasteiger partial charge in [-0.2, -0.15) is 0 Å². The number of ether oxygens (including phenoxy) is 1. The number of hydrogen-bond acceptors (Lipinski definition) is 2. The van der Waals surface area contributed by atoms with E-state index in [4.69, 9.17) is 0 Å². The highest BCUT2D eigenvalue weighted by Crippen LogP contribution is 2.04. The Morgan fingerprint density at radius 3 is 2.21 bits per heavy atom. The molecule has 0 spiro atoms. The Hall–Kier alpha value is -1.38. The lowest BCUT2D eigenvalue weighted by molar-refractivity contribution is -0.139. The summed E-state index contributed by atoms with van der Waals surface area (Å²) in [6.45, 7) is 2.02. The Morgan fingerprint density at radius 1 is 1.29 bits per heavy atom. The van der Waals surface area contributed by atoms with E-state index in [1.165, 1.54) is 12.7 Å². The third-order valence-corrected chi connectivity index (χ3v) is 1.70. The van der Waals surface area contributed by atoms with Gasteiger partial charge < -0.3 is 4.74 Å². The minimum atomic E-state index is -0.196. The molecule has 1 aromatic carbocycles. The van der Waals surface area contributed by atoms with Crippen LogP contribution in [0.3, 0.4) is 0 Å². The molecule has 3 heteroatoms. The Kier molecular flexibility index (Phi) is 6.37. The quantitative estimate of drug-likeness (QED) is 0.681. The van der Waals surface area contributed by atoms with E-state index in [9.17, 15) is 9.18 Å². The van der Waals surface area contributed by atoms with Crippen molar-refractivity contribution in [2.24, 2.45) is 0 Å². The summed E-state index contributed by atoms with van der Waals surface area (Å²) >= 11 is 0. The Labute approximate surface area is 83.7 Å². The van der Waals surface area contributed by atoms with Crippen LogP contribution in [0, 0.1) is 6.92 Å². The molecule has 1 rings (SSSR count). The second kappa shape index (κ2) is 7.06. The second-order valence-corrected chi connectivity index (χ2v) is 2.74. The van der Waals surface area contributed by atoms with E-state index in [-0.39, 0.29) is 5.97 Å². The molecule has 0 aliphatic rings. The second-order valence-electron chi connectivity index (χ2n) is 2.74. The zero-order chi connectivity index (χ0) is 11.0. The van der Waals surface area contributed by atoms with Gasteiger partial charge in [0.2, 0.25) is 0 Å². The third kappa shape index (κ3) is 4.60. The molecule has 0 amide bonds. The van der Waals surface area contributed by atoms with Crippen molar-refractivity contribution in [3.05, 3.63) is 35.4 Å². The highest BCUT2D eigenvalue weighted by molar-refractivity contribution is 5.72. The summed E-state index contributed by atoms with van der Waals surface area (Å²) in [5.41, 5.74) is 2.19. The average molecular weight is 198 g/mol. The third-order valence-electron chi connectivity index (χ3n) is 1.70. The van der Waals surface area contributed by atoms with Gasteiger partial charge in [0.05, 0.1) is 20.7 Å². The van der Waals surface area contributed by atoms with Gasteiger partial charge in [0.15, 0.2) is 0 Å². The highest BCUT2D eigenvalue weighted by atomic mass is 19.1. The molecule has 0 saturated heterocycles. The van der Waals surface area contributed by atoms with Crippen LogP contribution in [0.4, 0.5) is 4.39 Å². The topological polar surface area (TPSA) is 26.3 Å². The molecule has 0 aromatic heterocycles. The van der Waals surface area contributed by atoms with Crippen molar-refractivity contribution in [2.75, 3.05) is 14.3 Å². The SMILES string of the molecule is CF.COC(=O)Cc1ccc(C)cc1. The maximum absolute atomic E-state index is 10.8. The van der Waals surface area contributed by atoms with E-state index in [1.807, 2.05) is 31.2 Å². The van der Waals surface area contributed by atoms with Gasteiger partial charge in [-0.05, 0) is 12.5 Å². The van der Waals surface area contributed by atoms with Gasteiger partial charge in [0.1, 0.15) is 0 Å². The molecule has 2 nitrogen and oxygen atoms in total. The van der Waals surface area contributed by atoms with Crippen molar-refractivity contribution in [3.8, 4) is 0 Å². The lowest BCUT2D eigenvalue weighted by Gasteiger charge is -1.99. The van der Waals surface area contributed by atoms with E-state index in [0.29, 0.717) is 13.6 Å². The fraction of sp³-hybridized carbons (Fsp3) is 0.364. The first-order chi connectivity index (χ1) is 6.72. The molecular formula is C11H15FO2. The summed E-state index contributed by atoms with van der Waals surface area (Å²) in [6, 6.07) is 7.84. The first-order valence-electron chi connectivity index (χ1n) is 4.22. The molecule has 0 aliphatic carbocycles. The van der Waals surface area contributed by atoms with E-state index >= 15 is 0 Å². The fourth-order valence-corrected chi connectivity index (χ4v) is 0.945. The van der Waals surface area contributed by atoms with Crippen molar-refractivity contribution in [3.63, 3.8) is 0 Å². The highest BCUT2D eigenvalue weighted by Gasteiger charge is 2.00. The number of alkyl halides is 1. The maximum atomic E-state index is 10.8. The number of carbonyl (C=O) groups excluding carboxylic acids is 1. The summed E-state index contributed by atoms with van der Waals surface area (Å²) in [7, 11) is 1.90. The number of halogens is 1. The monoisotopic (exact) mass is 198 g/mol. The van der Waals surface area contributed by atoms with Gasteiger partial charge in [-0.15, -0.1) is 0 Å². The molecular weight excluding hydrogens is 183 g/mol. The molecule has 0 radical (unpaired) electrons. The predicted molar refractivity (Wildman–Crippen MR) is 53.9 cm³/mol. The molecule has 0 heterocycles. The van der Waals surface area contributed by atoms with Gasteiger partial charge in [-0.25, -0.2) is 0 Å². The summed E-state index contributed by atoms with van der Waals surface area (Å²) in [5.74, 6) is -0.196. The zero-order valence-corrected chi connectivity index (χ0v) is 8.71. The van der Waals surface area contributed by atoms with Gasteiger partial charge >= 0.3 is 5.97 Å². The first-order valence-corrected chi connectivity index (χ1v) is 4.22. The summed E-state index contributed by atoms with van der Waals surface area (Å²) in [5, 5.41) is 0. The van der Waals surface area contributed by atoms with Gasteiger partial charge in [0, 0.05) is 0 Å². The fourth-order valence-electron chi connectivity index (χ4n) is 0.945. The van der Waals surface area contributed by atoms with Crippen LogP contribution in [0.15, 0.2) is 24.3 Å². The maximum Gasteiger partial charge on any atom is 0.309 e. The molecule has 78 valence electrons.